The van der Waals surface area contributed by atoms with E-state index < -0.39 is 18.1 Å². The molecule has 0 aliphatic heterocycles. The van der Waals surface area contributed by atoms with Crippen LogP contribution in [0.4, 0.5) is 4.79 Å². The summed E-state index contributed by atoms with van der Waals surface area (Å²) in [6, 6.07) is 8.87. The minimum Gasteiger partial charge on any atom is -0.481 e. The Morgan fingerprint density at radius 1 is 1.26 bits per heavy atom. The van der Waals surface area contributed by atoms with E-state index in [9.17, 15) is 9.59 Å². The predicted octanol–water partition coefficient (Wildman–Crippen LogP) is 2.41. The maximum absolute atomic E-state index is 11.6. The van der Waals surface area contributed by atoms with Crippen LogP contribution in [-0.2, 0) is 16.1 Å². The molecule has 0 aromatic heterocycles. The largest absolute Gasteiger partial charge is 0.481 e. The molecule has 0 radical (unpaired) electrons. The smallest absolute Gasteiger partial charge is 0.407 e. The number of aliphatic carboxylic acids is 1. The first-order valence-electron chi connectivity index (χ1n) is 6.18. The molecule has 0 spiro atoms. The molecule has 5 nitrogen and oxygen atoms in total. The number of carboxylic acids is 1. The molecule has 0 saturated carbocycles. The summed E-state index contributed by atoms with van der Waals surface area (Å²) in [5.74, 6) is -0.914. The molecule has 1 rings (SSSR count). The van der Waals surface area contributed by atoms with E-state index in [4.69, 9.17) is 9.84 Å². The number of ether oxygens (including phenoxy) is 1. The van der Waals surface area contributed by atoms with Crippen LogP contribution in [0.1, 0.15) is 25.8 Å². The number of alkyl carbamates (subject to hydrolysis) is 1. The van der Waals surface area contributed by atoms with Crippen molar-refractivity contribution >= 4 is 12.1 Å². The van der Waals surface area contributed by atoms with Gasteiger partial charge in [0.05, 0.1) is 6.42 Å². The van der Waals surface area contributed by atoms with E-state index >= 15 is 0 Å². The fourth-order valence-corrected chi connectivity index (χ4v) is 1.56. The van der Waals surface area contributed by atoms with Crippen LogP contribution in [0.15, 0.2) is 30.3 Å². The van der Waals surface area contributed by atoms with E-state index in [2.05, 4.69) is 5.32 Å². The van der Waals surface area contributed by atoms with Crippen LogP contribution in [0, 0.1) is 5.92 Å². The van der Waals surface area contributed by atoms with Gasteiger partial charge in [0, 0.05) is 6.04 Å². The molecular formula is C14H19NO4. The number of benzene rings is 1. The summed E-state index contributed by atoms with van der Waals surface area (Å²) in [4.78, 5) is 22.3. The fraction of sp³-hybridized carbons (Fsp3) is 0.429. The number of rotatable bonds is 6. The van der Waals surface area contributed by atoms with Crippen LogP contribution < -0.4 is 5.32 Å². The monoisotopic (exact) mass is 265 g/mol. The second-order valence-corrected chi connectivity index (χ2v) is 4.65. The van der Waals surface area contributed by atoms with Crippen LogP contribution >= 0.6 is 0 Å². The van der Waals surface area contributed by atoms with Gasteiger partial charge in [-0.15, -0.1) is 0 Å². The average molecular weight is 265 g/mol. The first-order chi connectivity index (χ1) is 8.99. The Balaban J connectivity index is 2.42. The van der Waals surface area contributed by atoms with Crippen LogP contribution in [0.5, 0.6) is 0 Å². The number of hydrogen-bond acceptors (Lipinski definition) is 3. The Morgan fingerprint density at radius 3 is 2.42 bits per heavy atom. The molecule has 1 atom stereocenters. The van der Waals surface area contributed by atoms with Gasteiger partial charge in [-0.05, 0) is 11.5 Å². The second-order valence-electron chi connectivity index (χ2n) is 4.65. The highest BCUT2D eigenvalue weighted by atomic mass is 16.5. The quantitative estimate of drug-likeness (QED) is 0.828. The van der Waals surface area contributed by atoms with Gasteiger partial charge in [0.1, 0.15) is 6.61 Å². The molecule has 0 unspecified atom stereocenters. The van der Waals surface area contributed by atoms with Crippen molar-refractivity contribution in [3.8, 4) is 0 Å². The lowest BCUT2D eigenvalue weighted by molar-refractivity contribution is -0.137. The van der Waals surface area contributed by atoms with Crippen molar-refractivity contribution in [3.63, 3.8) is 0 Å². The van der Waals surface area contributed by atoms with Crippen molar-refractivity contribution in [2.45, 2.75) is 32.9 Å². The molecule has 0 bridgehead atoms. The van der Waals surface area contributed by atoms with E-state index in [1.807, 2.05) is 44.2 Å². The van der Waals surface area contributed by atoms with Crippen molar-refractivity contribution in [2.75, 3.05) is 0 Å². The summed E-state index contributed by atoms with van der Waals surface area (Å²) in [7, 11) is 0. The van der Waals surface area contributed by atoms with Crippen molar-refractivity contribution in [3.05, 3.63) is 35.9 Å². The Kier molecular flexibility index (Phi) is 5.85. The zero-order chi connectivity index (χ0) is 14.3. The maximum Gasteiger partial charge on any atom is 0.407 e. The minimum atomic E-state index is -0.943. The number of carbonyl (C=O) groups excluding carboxylic acids is 1. The maximum atomic E-state index is 11.6. The summed E-state index contributed by atoms with van der Waals surface area (Å²) in [5, 5.41) is 11.3. The lowest BCUT2D eigenvalue weighted by atomic mass is 10.0. The van der Waals surface area contributed by atoms with Gasteiger partial charge in [-0.25, -0.2) is 4.79 Å². The SMILES string of the molecule is CC(C)[C@@H](CC(=O)O)NC(=O)OCc1ccccc1. The standard InChI is InChI=1S/C14H19NO4/c1-10(2)12(8-13(16)17)15-14(18)19-9-11-6-4-3-5-7-11/h3-7,10,12H,8-9H2,1-2H3,(H,15,18)(H,16,17)/t12-/m1/s1. The summed E-state index contributed by atoms with van der Waals surface area (Å²) >= 11 is 0. The molecular weight excluding hydrogens is 246 g/mol. The van der Waals surface area contributed by atoms with Gasteiger partial charge in [0.15, 0.2) is 0 Å². The highest BCUT2D eigenvalue weighted by Gasteiger charge is 2.19. The lowest BCUT2D eigenvalue weighted by Crippen LogP contribution is -2.40. The minimum absolute atomic E-state index is 0.0281. The first-order valence-corrected chi connectivity index (χ1v) is 6.18. The number of amides is 1. The van der Waals surface area contributed by atoms with Crippen molar-refractivity contribution < 1.29 is 19.4 Å². The Hall–Kier alpha value is -2.04. The Labute approximate surface area is 112 Å². The number of carboxylic acid groups (broad SMARTS) is 1. The third-order valence-electron chi connectivity index (χ3n) is 2.72. The van der Waals surface area contributed by atoms with Gasteiger partial charge >= 0.3 is 12.1 Å². The van der Waals surface area contributed by atoms with Gasteiger partial charge in [-0.3, -0.25) is 4.79 Å². The van der Waals surface area contributed by atoms with Crippen LogP contribution in [-0.4, -0.2) is 23.2 Å². The van der Waals surface area contributed by atoms with Crippen molar-refractivity contribution in [1.82, 2.24) is 5.32 Å². The van der Waals surface area contributed by atoms with E-state index in [0.717, 1.165) is 5.56 Å². The summed E-state index contributed by atoms with van der Waals surface area (Å²) in [6.45, 7) is 3.88. The summed E-state index contributed by atoms with van der Waals surface area (Å²) in [6.07, 6.45) is -0.707. The molecule has 0 aliphatic carbocycles. The van der Waals surface area contributed by atoms with Gasteiger partial charge in [-0.1, -0.05) is 44.2 Å². The molecule has 1 aromatic carbocycles. The zero-order valence-electron chi connectivity index (χ0n) is 11.1. The fourth-order valence-electron chi connectivity index (χ4n) is 1.56. The van der Waals surface area contributed by atoms with Gasteiger partial charge in [-0.2, -0.15) is 0 Å². The Bertz CT molecular complexity index is 417. The van der Waals surface area contributed by atoms with E-state index in [1.165, 1.54) is 0 Å². The molecule has 1 aromatic rings. The molecule has 0 aliphatic rings. The van der Waals surface area contributed by atoms with Gasteiger partial charge in [0.25, 0.3) is 0 Å². The number of hydrogen-bond donors (Lipinski definition) is 2. The topological polar surface area (TPSA) is 75.6 Å². The van der Waals surface area contributed by atoms with E-state index in [-0.39, 0.29) is 18.9 Å². The van der Waals surface area contributed by atoms with E-state index in [0.29, 0.717) is 0 Å². The predicted molar refractivity (Wildman–Crippen MR) is 70.6 cm³/mol. The summed E-state index contributed by atoms with van der Waals surface area (Å²) < 4.78 is 5.05. The van der Waals surface area contributed by atoms with Crippen LogP contribution in [0.3, 0.4) is 0 Å². The number of nitrogens with one attached hydrogen (secondary N) is 1. The van der Waals surface area contributed by atoms with E-state index in [1.54, 1.807) is 0 Å². The van der Waals surface area contributed by atoms with Crippen molar-refractivity contribution in [2.24, 2.45) is 5.92 Å². The average Bonchev–Trinajstić information content (AvgIpc) is 2.36. The molecule has 0 heterocycles. The third-order valence-corrected chi connectivity index (χ3v) is 2.72. The van der Waals surface area contributed by atoms with Crippen LogP contribution in [0.25, 0.3) is 0 Å². The zero-order valence-corrected chi connectivity index (χ0v) is 11.1. The molecule has 5 heteroatoms. The molecule has 104 valence electrons. The number of carbonyl (C=O) groups is 2. The van der Waals surface area contributed by atoms with Crippen molar-refractivity contribution in [1.29, 1.82) is 0 Å². The van der Waals surface area contributed by atoms with Gasteiger partial charge in [0.2, 0.25) is 0 Å². The van der Waals surface area contributed by atoms with Gasteiger partial charge < -0.3 is 15.2 Å². The third kappa shape index (κ3) is 5.90. The lowest BCUT2D eigenvalue weighted by Gasteiger charge is -2.20. The molecule has 19 heavy (non-hydrogen) atoms. The van der Waals surface area contributed by atoms with Crippen LogP contribution in [0.2, 0.25) is 0 Å². The summed E-state index contributed by atoms with van der Waals surface area (Å²) in [5.41, 5.74) is 0.886. The highest BCUT2D eigenvalue weighted by molar-refractivity contribution is 5.71. The Morgan fingerprint density at radius 2 is 1.89 bits per heavy atom. The molecule has 1 amide bonds. The molecule has 0 fully saturated rings. The highest BCUT2D eigenvalue weighted by Crippen LogP contribution is 2.07. The normalized spacial score (nSPS) is 11.9. The first kappa shape index (κ1) is 15.0. The second kappa shape index (κ2) is 7.41. The molecule has 2 N–H and O–H groups in total. The molecule has 0 saturated heterocycles.